The molecule has 1 aromatic heterocycles. The van der Waals surface area contributed by atoms with Crippen LogP contribution in [0.3, 0.4) is 0 Å². The molecule has 1 N–H and O–H groups in total. The number of aromatic nitrogens is 1. The molecule has 0 aliphatic carbocycles. The Morgan fingerprint density at radius 2 is 2.00 bits per heavy atom. The summed E-state index contributed by atoms with van der Waals surface area (Å²) < 4.78 is 5.78. The third-order valence-corrected chi connectivity index (χ3v) is 3.21. The van der Waals surface area contributed by atoms with Crippen molar-refractivity contribution in [1.82, 2.24) is 10.3 Å². The highest BCUT2D eigenvalue weighted by Gasteiger charge is 2.03. The van der Waals surface area contributed by atoms with E-state index in [-0.39, 0.29) is 0 Å². The molecule has 2 aromatic rings. The highest BCUT2D eigenvalue weighted by atomic mass is 35.5. The van der Waals surface area contributed by atoms with E-state index in [9.17, 15) is 0 Å². The van der Waals surface area contributed by atoms with Gasteiger partial charge in [-0.2, -0.15) is 0 Å². The summed E-state index contributed by atoms with van der Waals surface area (Å²) in [5, 5.41) is 4.11. The first-order chi connectivity index (χ1) is 10.0. The van der Waals surface area contributed by atoms with E-state index in [0.717, 1.165) is 22.8 Å². The quantitative estimate of drug-likeness (QED) is 0.871. The fraction of sp³-hybridized carbons (Fsp3) is 0.353. The van der Waals surface area contributed by atoms with Crippen LogP contribution in [0, 0.1) is 6.92 Å². The molecule has 0 fully saturated rings. The van der Waals surface area contributed by atoms with Crippen molar-refractivity contribution in [2.24, 2.45) is 0 Å². The number of hydrogen-bond acceptors (Lipinski definition) is 3. The fourth-order valence-electron chi connectivity index (χ4n) is 1.99. The van der Waals surface area contributed by atoms with Crippen LogP contribution in [-0.2, 0) is 13.2 Å². The van der Waals surface area contributed by atoms with E-state index in [2.05, 4.69) is 30.2 Å². The van der Waals surface area contributed by atoms with Gasteiger partial charge >= 0.3 is 0 Å². The smallest absolute Gasteiger partial charge is 0.214 e. The Labute approximate surface area is 131 Å². The van der Waals surface area contributed by atoms with Crippen molar-refractivity contribution in [1.29, 1.82) is 0 Å². The summed E-state index contributed by atoms with van der Waals surface area (Å²) in [6, 6.07) is 12.2. The van der Waals surface area contributed by atoms with Gasteiger partial charge in [0.05, 0.1) is 0 Å². The molecule has 0 amide bonds. The average molecular weight is 305 g/mol. The van der Waals surface area contributed by atoms with Crippen molar-refractivity contribution in [2.45, 2.75) is 40.0 Å². The highest BCUT2D eigenvalue weighted by Crippen LogP contribution is 2.16. The molecule has 0 bridgehead atoms. The first-order valence-corrected chi connectivity index (χ1v) is 7.49. The van der Waals surface area contributed by atoms with Crippen molar-refractivity contribution in [3.8, 4) is 5.88 Å². The first kappa shape index (κ1) is 15.8. The summed E-state index contributed by atoms with van der Waals surface area (Å²) >= 11 is 5.97. The molecule has 4 heteroatoms. The second-order valence-electron chi connectivity index (χ2n) is 5.41. The minimum Gasteiger partial charge on any atom is -0.473 e. The standard InChI is InChI=1S/C17H21ClN2O/c1-12(2)19-10-15-7-13(3)20-17(9-15)21-11-14-5-4-6-16(18)8-14/h4-9,12,19H,10-11H2,1-3H3. The van der Waals surface area contributed by atoms with Gasteiger partial charge in [0.25, 0.3) is 0 Å². The average Bonchev–Trinajstić information content (AvgIpc) is 2.43. The maximum absolute atomic E-state index is 5.97. The zero-order valence-electron chi connectivity index (χ0n) is 12.7. The lowest BCUT2D eigenvalue weighted by Crippen LogP contribution is -2.21. The Morgan fingerprint density at radius 1 is 1.19 bits per heavy atom. The first-order valence-electron chi connectivity index (χ1n) is 7.11. The SMILES string of the molecule is Cc1cc(CNC(C)C)cc(OCc2cccc(Cl)c2)n1. The molecule has 0 aliphatic heterocycles. The second-order valence-corrected chi connectivity index (χ2v) is 5.85. The highest BCUT2D eigenvalue weighted by molar-refractivity contribution is 6.30. The minimum atomic E-state index is 0.453. The molecule has 1 heterocycles. The van der Waals surface area contributed by atoms with Gasteiger partial charge in [0.1, 0.15) is 6.61 Å². The van der Waals surface area contributed by atoms with Crippen molar-refractivity contribution in [3.05, 3.63) is 58.2 Å². The Bertz CT molecular complexity index is 599. The molecule has 1 aromatic carbocycles. The molecule has 3 nitrogen and oxygen atoms in total. The zero-order chi connectivity index (χ0) is 15.2. The fourth-order valence-corrected chi connectivity index (χ4v) is 2.20. The molecule has 0 spiro atoms. The minimum absolute atomic E-state index is 0.453. The Kier molecular flexibility index (Phi) is 5.59. The van der Waals surface area contributed by atoms with Gasteiger partial charge < -0.3 is 10.1 Å². The molecule has 0 radical (unpaired) electrons. The number of nitrogens with one attached hydrogen (secondary N) is 1. The molecular formula is C17H21ClN2O. The van der Waals surface area contributed by atoms with Crippen molar-refractivity contribution in [3.63, 3.8) is 0 Å². The van der Waals surface area contributed by atoms with Gasteiger partial charge in [-0.15, -0.1) is 0 Å². The molecule has 112 valence electrons. The van der Waals surface area contributed by atoms with Gasteiger partial charge in [0, 0.05) is 29.4 Å². The molecule has 0 saturated heterocycles. The summed E-state index contributed by atoms with van der Waals surface area (Å²) in [6.45, 7) is 7.52. The zero-order valence-corrected chi connectivity index (χ0v) is 13.4. The van der Waals surface area contributed by atoms with E-state index in [0.29, 0.717) is 18.5 Å². The monoisotopic (exact) mass is 304 g/mol. The third kappa shape index (κ3) is 5.37. The van der Waals surface area contributed by atoms with E-state index in [1.807, 2.05) is 37.3 Å². The largest absolute Gasteiger partial charge is 0.473 e. The molecule has 0 atom stereocenters. The number of pyridine rings is 1. The molecule has 0 unspecified atom stereocenters. The van der Waals surface area contributed by atoms with Gasteiger partial charge in [-0.25, -0.2) is 4.98 Å². The Balaban J connectivity index is 2.02. The maximum Gasteiger partial charge on any atom is 0.214 e. The Morgan fingerprint density at radius 3 is 2.71 bits per heavy atom. The van der Waals surface area contributed by atoms with Crippen LogP contribution in [0.2, 0.25) is 5.02 Å². The van der Waals surface area contributed by atoms with Crippen LogP contribution in [-0.4, -0.2) is 11.0 Å². The van der Waals surface area contributed by atoms with Crippen LogP contribution in [0.4, 0.5) is 0 Å². The summed E-state index contributed by atoms with van der Waals surface area (Å²) in [5.41, 5.74) is 3.17. The summed E-state index contributed by atoms with van der Waals surface area (Å²) in [7, 11) is 0. The van der Waals surface area contributed by atoms with Gasteiger partial charge in [-0.1, -0.05) is 37.6 Å². The van der Waals surface area contributed by atoms with Gasteiger partial charge in [0.2, 0.25) is 5.88 Å². The lowest BCUT2D eigenvalue weighted by molar-refractivity contribution is 0.293. The van der Waals surface area contributed by atoms with E-state index >= 15 is 0 Å². The van der Waals surface area contributed by atoms with Crippen LogP contribution < -0.4 is 10.1 Å². The number of ether oxygens (including phenoxy) is 1. The number of hydrogen-bond donors (Lipinski definition) is 1. The Hall–Kier alpha value is -1.58. The summed E-state index contributed by atoms with van der Waals surface area (Å²) in [6.07, 6.45) is 0. The van der Waals surface area contributed by atoms with Crippen LogP contribution in [0.1, 0.15) is 30.7 Å². The van der Waals surface area contributed by atoms with Crippen LogP contribution in [0.15, 0.2) is 36.4 Å². The third-order valence-electron chi connectivity index (χ3n) is 2.98. The van der Waals surface area contributed by atoms with Crippen molar-refractivity contribution < 1.29 is 4.74 Å². The number of halogens is 1. The van der Waals surface area contributed by atoms with E-state index < -0.39 is 0 Å². The number of nitrogens with zero attached hydrogens (tertiary/aromatic N) is 1. The lowest BCUT2D eigenvalue weighted by Gasteiger charge is -2.11. The van der Waals surface area contributed by atoms with E-state index in [1.165, 1.54) is 5.56 Å². The van der Waals surface area contributed by atoms with Gasteiger partial charge in [-0.05, 0) is 36.2 Å². The van der Waals surface area contributed by atoms with Crippen LogP contribution in [0.25, 0.3) is 0 Å². The van der Waals surface area contributed by atoms with Crippen LogP contribution >= 0.6 is 11.6 Å². The molecular weight excluding hydrogens is 284 g/mol. The number of benzene rings is 1. The topological polar surface area (TPSA) is 34.1 Å². The molecule has 0 aliphatic rings. The molecule has 2 rings (SSSR count). The normalized spacial score (nSPS) is 10.9. The number of aryl methyl sites for hydroxylation is 1. The van der Waals surface area contributed by atoms with Crippen LogP contribution in [0.5, 0.6) is 5.88 Å². The lowest BCUT2D eigenvalue weighted by atomic mass is 10.2. The number of rotatable bonds is 6. The van der Waals surface area contributed by atoms with Crippen molar-refractivity contribution >= 4 is 11.6 Å². The van der Waals surface area contributed by atoms with Gasteiger partial charge in [-0.3, -0.25) is 0 Å². The predicted molar refractivity (Wildman–Crippen MR) is 86.7 cm³/mol. The molecule has 21 heavy (non-hydrogen) atoms. The van der Waals surface area contributed by atoms with E-state index in [4.69, 9.17) is 16.3 Å². The van der Waals surface area contributed by atoms with Crippen molar-refractivity contribution in [2.75, 3.05) is 0 Å². The van der Waals surface area contributed by atoms with Gasteiger partial charge in [0.15, 0.2) is 0 Å². The van der Waals surface area contributed by atoms with E-state index in [1.54, 1.807) is 0 Å². The molecule has 0 saturated carbocycles. The maximum atomic E-state index is 5.97. The summed E-state index contributed by atoms with van der Waals surface area (Å²) in [4.78, 5) is 4.42. The predicted octanol–water partition coefficient (Wildman–Crippen LogP) is 4.12. The summed E-state index contributed by atoms with van der Waals surface area (Å²) in [5.74, 6) is 0.649. The second kappa shape index (κ2) is 7.43.